The number of carbonyl (C=O) groups excluding carboxylic acids is 1. The van der Waals surface area contributed by atoms with Crippen molar-refractivity contribution in [2.45, 2.75) is 26.6 Å². The lowest BCUT2D eigenvalue weighted by Crippen LogP contribution is -2.43. The van der Waals surface area contributed by atoms with Gasteiger partial charge in [-0.1, -0.05) is 47.6 Å². The molecule has 6 heteroatoms. The summed E-state index contributed by atoms with van der Waals surface area (Å²) in [4.78, 5) is 15.2. The molecule has 3 aromatic carbocycles. The minimum atomic E-state index is -0.337. The van der Waals surface area contributed by atoms with Crippen molar-refractivity contribution in [3.05, 3.63) is 107 Å². The molecular formula is C26H23N3O3. The first kappa shape index (κ1) is 19.9. The van der Waals surface area contributed by atoms with Gasteiger partial charge < -0.3 is 14.6 Å². The molecule has 0 radical (unpaired) electrons. The van der Waals surface area contributed by atoms with E-state index in [0.29, 0.717) is 12.2 Å². The normalized spacial score (nSPS) is 15.2. The maximum absolute atomic E-state index is 13.4. The van der Waals surface area contributed by atoms with E-state index in [4.69, 9.17) is 9.26 Å². The molecule has 0 fully saturated rings. The number of nitrogens with zero attached hydrogens (tertiary/aromatic N) is 2. The Morgan fingerprint density at radius 1 is 0.969 bits per heavy atom. The number of anilines is 2. The molecule has 1 aliphatic rings. The molecule has 0 saturated carbocycles. The van der Waals surface area contributed by atoms with Crippen LogP contribution in [0, 0.1) is 13.8 Å². The van der Waals surface area contributed by atoms with Gasteiger partial charge in [-0.2, -0.15) is 0 Å². The average molecular weight is 425 g/mol. The zero-order valence-corrected chi connectivity index (χ0v) is 17.9. The largest absolute Gasteiger partial charge is 0.489 e. The van der Waals surface area contributed by atoms with Crippen molar-refractivity contribution in [3.8, 4) is 5.75 Å². The van der Waals surface area contributed by atoms with Crippen LogP contribution in [0.1, 0.15) is 39.1 Å². The zero-order valence-electron chi connectivity index (χ0n) is 17.9. The van der Waals surface area contributed by atoms with Crippen molar-refractivity contribution in [1.29, 1.82) is 0 Å². The van der Waals surface area contributed by atoms with Gasteiger partial charge in [0.2, 0.25) is 0 Å². The second-order valence-electron chi connectivity index (χ2n) is 7.76. The Morgan fingerprint density at radius 3 is 2.41 bits per heavy atom. The Labute approximate surface area is 186 Å². The molecule has 0 saturated heterocycles. The molecule has 32 heavy (non-hydrogen) atoms. The number of benzene rings is 3. The van der Waals surface area contributed by atoms with Crippen molar-refractivity contribution in [2.75, 3.05) is 10.2 Å². The minimum Gasteiger partial charge on any atom is -0.489 e. The summed E-state index contributed by atoms with van der Waals surface area (Å²) in [5.74, 6) is 1.47. The summed E-state index contributed by atoms with van der Waals surface area (Å²) in [6.45, 7) is 4.17. The summed E-state index contributed by atoms with van der Waals surface area (Å²) in [6.07, 6.45) is -0.337. The van der Waals surface area contributed by atoms with Gasteiger partial charge in [0.15, 0.2) is 0 Å². The first-order valence-electron chi connectivity index (χ1n) is 10.5. The third-order valence-electron chi connectivity index (χ3n) is 5.72. The van der Waals surface area contributed by atoms with E-state index < -0.39 is 0 Å². The molecule has 1 N–H and O–H groups in total. The fourth-order valence-electron chi connectivity index (χ4n) is 3.95. The standard InChI is InChI=1S/C26H23N3O3/c1-17-23(18(2)32-28-17)16-31-21-14-12-19(13-15-21)25-27-24-11-7-6-10-22(24)26(30)29(25)20-8-4-3-5-9-20/h3-15,25,27H,16H2,1-2H3/t25-/m1/s1. The number of fused-ring (bicyclic) bond motifs is 1. The molecule has 5 rings (SSSR count). The number of aromatic nitrogens is 1. The Balaban J connectivity index is 1.43. The number of para-hydroxylation sites is 2. The Kier molecular flexibility index (Phi) is 5.11. The predicted molar refractivity (Wildman–Crippen MR) is 123 cm³/mol. The number of rotatable bonds is 5. The van der Waals surface area contributed by atoms with Crippen LogP contribution >= 0.6 is 0 Å². The van der Waals surface area contributed by atoms with E-state index in [2.05, 4.69) is 10.5 Å². The molecule has 0 bridgehead atoms. The van der Waals surface area contributed by atoms with Crippen molar-refractivity contribution in [1.82, 2.24) is 5.16 Å². The van der Waals surface area contributed by atoms with Crippen molar-refractivity contribution in [3.63, 3.8) is 0 Å². The molecule has 1 aliphatic heterocycles. The molecule has 4 aromatic rings. The molecular weight excluding hydrogens is 402 g/mol. The summed E-state index contributed by atoms with van der Waals surface area (Å²) in [6, 6.07) is 25.1. The number of hydrogen-bond donors (Lipinski definition) is 1. The lowest BCUT2D eigenvalue weighted by atomic mass is 10.0. The molecule has 1 aromatic heterocycles. The highest BCUT2D eigenvalue weighted by Gasteiger charge is 2.33. The maximum Gasteiger partial charge on any atom is 0.262 e. The SMILES string of the molecule is Cc1noc(C)c1COc1ccc([C@@H]2Nc3ccccc3C(=O)N2c2ccccc2)cc1. The minimum absolute atomic E-state index is 0.0331. The van der Waals surface area contributed by atoms with E-state index in [9.17, 15) is 4.79 Å². The summed E-state index contributed by atoms with van der Waals surface area (Å²) in [5.41, 5.74) is 5.08. The lowest BCUT2D eigenvalue weighted by Gasteiger charge is -2.38. The highest BCUT2D eigenvalue weighted by Crippen LogP contribution is 2.36. The summed E-state index contributed by atoms with van der Waals surface area (Å²) in [7, 11) is 0. The predicted octanol–water partition coefficient (Wildman–Crippen LogP) is 5.64. The van der Waals surface area contributed by atoms with Gasteiger partial charge in [-0.05, 0) is 55.8 Å². The van der Waals surface area contributed by atoms with Gasteiger partial charge in [0.25, 0.3) is 5.91 Å². The Morgan fingerprint density at radius 2 is 1.69 bits per heavy atom. The van der Waals surface area contributed by atoms with Gasteiger partial charge in [-0.25, -0.2) is 0 Å². The average Bonchev–Trinajstić information content (AvgIpc) is 3.15. The van der Waals surface area contributed by atoms with E-state index in [1.807, 2.05) is 92.7 Å². The van der Waals surface area contributed by atoms with E-state index in [1.165, 1.54) is 0 Å². The Bertz CT molecular complexity index is 1230. The number of hydrogen-bond acceptors (Lipinski definition) is 5. The zero-order chi connectivity index (χ0) is 22.1. The second-order valence-corrected chi connectivity index (χ2v) is 7.76. The van der Waals surface area contributed by atoms with E-state index >= 15 is 0 Å². The van der Waals surface area contributed by atoms with E-state index in [1.54, 1.807) is 4.90 Å². The molecule has 1 atom stereocenters. The van der Waals surface area contributed by atoms with Gasteiger partial charge in [0, 0.05) is 11.4 Å². The number of carbonyl (C=O) groups is 1. The first-order valence-corrected chi connectivity index (χ1v) is 10.5. The molecule has 1 amide bonds. The van der Waals surface area contributed by atoms with Gasteiger partial charge >= 0.3 is 0 Å². The summed E-state index contributed by atoms with van der Waals surface area (Å²) < 4.78 is 11.1. The molecule has 6 nitrogen and oxygen atoms in total. The van der Waals surface area contributed by atoms with Crippen molar-refractivity contribution >= 4 is 17.3 Å². The van der Waals surface area contributed by atoms with Gasteiger partial charge in [0.1, 0.15) is 24.3 Å². The van der Waals surface area contributed by atoms with Crippen LogP contribution in [0.5, 0.6) is 5.75 Å². The number of nitrogens with one attached hydrogen (secondary N) is 1. The third kappa shape index (κ3) is 3.60. The van der Waals surface area contributed by atoms with Crippen LogP contribution in [0.25, 0.3) is 0 Å². The summed E-state index contributed by atoms with van der Waals surface area (Å²) >= 11 is 0. The quantitative estimate of drug-likeness (QED) is 0.448. The van der Waals surface area contributed by atoms with Gasteiger partial charge in [-0.15, -0.1) is 0 Å². The molecule has 2 heterocycles. The number of amides is 1. The molecule has 0 spiro atoms. The van der Waals surface area contributed by atoms with Crippen LogP contribution < -0.4 is 15.0 Å². The van der Waals surface area contributed by atoms with Crippen LogP contribution in [0.4, 0.5) is 11.4 Å². The summed E-state index contributed by atoms with van der Waals surface area (Å²) in [5, 5.41) is 7.49. The topological polar surface area (TPSA) is 67.6 Å². The monoisotopic (exact) mass is 425 g/mol. The van der Waals surface area contributed by atoms with Gasteiger partial charge in [0.05, 0.1) is 16.8 Å². The van der Waals surface area contributed by atoms with Crippen LogP contribution in [0.2, 0.25) is 0 Å². The second kappa shape index (κ2) is 8.23. The molecule has 0 unspecified atom stereocenters. The van der Waals surface area contributed by atoms with Crippen molar-refractivity contribution < 1.29 is 14.1 Å². The van der Waals surface area contributed by atoms with Crippen molar-refractivity contribution in [2.24, 2.45) is 0 Å². The van der Waals surface area contributed by atoms with E-state index in [-0.39, 0.29) is 12.1 Å². The number of aryl methyl sites for hydroxylation is 2. The fourth-order valence-corrected chi connectivity index (χ4v) is 3.95. The van der Waals surface area contributed by atoms with Gasteiger partial charge in [-0.3, -0.25) is 9.69 Å². The highest BCUT2D eigenvalue weighted by molar-refractivity contribution is 6.12. The highest BCUT2D eigenvalue weighted by atomic mass is 16.5. The smallest absolute Gasteiger partial charge is 0.262 e. The van der Waals surface area contributed by atoms with Crippen LogP contribution in [0.15, 0.2) is 83.4 Å². The molecule has 0 aliphatic carbocycles. The first-order chi connectivity index (χ1) is 15.6. The van der Waals surface area contributed by atoms with Crippen LogP contribution in [-0.4, -0.2) is 11.1 Å². The molecule has 160 valence electrons. The third-order valence-corrected chi connectivity index (χ3v) is 5.72. The lowest BCUT2D eigenvalue weighted by molar-refractivity contribution is 0.0975. The maximum atomic E-state index is 13.4. The Hall–Kier alpha value is -4.06. The van der Waals surface area contributed by atoms with Crippen LogP contribution in [0.3, 0.4) is 0 Å². The number of ether oxygens (including phenoxy) is 1. The van der Waals surface area contributed by atoms with Crippen LogP contribution in [-0.2, 0) is 6.61 Å². The van der Waals surface area contributed by atoms with E-state index in [0.717, 1.165) is 39.7 Å². The fraction of sp³-hybridized carbons (Fsp3) is 0.154.